The molecule has 4 aromatic rings. The van der Waals surface area contributed by atoms with E-state index < -0.39 is 0 Å². The van der Waals surface area contributed by atoms with Crippen molar-refractivity contribution in [1.82, 2.24) is 19.3 Å². The Hall–Kier alpha value is -2.79. The van der Waals surface area contributed by atoms with Gasteiger partial charge in [-0.1, -0.05) is 60.3 Å². The van der Waals surface area contributed by atoms with Crippen LogP contribution in [0.4, 0.5) is 0 Å². The van der Waals surface area contributed by atoms with E-state index in [0.717, 1.165) is 27.9 Å². The van der Waals surface area contributed by atoms with Crippen LogP contribution >= 0.6 is 11.8 Å². The fourth-order valence-electron chi connectivity index (χ4n) is 3.25. The van der Waals surface area contributed by atoms with E-state index in [2.05, 4.69) is 58.3 Å². The summed E-state index contributed by atoms with van der Waals surface area (Å²) < 4.78 is 4.29. The number of hydrogen-bond acceptors (Lipinski definition) is 3. The first kappa shape index (κ1) is 16.4. The number of imidazole rings is 1. The van der Waals surface area contributed by atoms with Crippen LogP contribution in [0.5, 0.6) is 0 Å². The maximum absolute atomic E-state index is 4.90. The first-order chi connectivity index (χ1) is 13.4. The SMILES string of the molecule is c1ccc(-c2nn(-c3ccccc3)cc2CSc2nccn2C2CC2)cc1. The van der Waals surface area contributed by atoms with Crippen molar-refractivity contribution in [1.29, 1.82) is 0 Å². The molecule has 2 heterocycles. The maximum atomic E-state index is 4.90. The van der Waals surface area contributed by atoms with Crippen molar-refractivity contribution < 1.29 is 0 Å². The van der Waals surface area contributed by atoms with Gasteiger partial charge in [-0.05, 0) is 25.0 Å². The molecule has 5 rings (SSSR count). The van der Waals surface area contributed by atoms with Gasteiger partial charge in [0.1, 0.15) is 0 Å². The van der Waals surface area contributed by atoms with Crippen LogP contribution in [0.3, 0.4) is 0 Å². The molecule has 0 aliphatic heterocycles. The van der Waals surface area contributed by atoms with Gasteiger partial charge in [-0.15, -0.1) is 0 Å². The Morgan fingerprint density at radius 3 is 2.44 bits per heavy atom. The molecule has 0 spiro atoms. The van der Waals surface area contributed by atoms with E-state index in [9.17, 15) is 0 Å². The topological polar surface area (TPSA) is 35.6 Å². The highest BCUT2D eigenvalue weighted by Crippen LogP contribution is 2.38. The molecule has 1 fully saturated rings. The standard InChI is InChI=1S/C22H20N4S/c1-3-7-17(8-4-1)21-18(15-26(24-21)20-9-5-2-6-10-20)16-27-22-23-13-14-25(22)19-11-12-19/h1-10,13-15,19H,11-12,16H2. The lowest BCUT2D eigenvalue weighted by atomic mass is 10.1. The largest absolute Gasteiger partial charge is 0.323 e. The Bertz CT molecular complexity index is 1030. The van der Waals surface area contributed by atoms with Crippen LogP contribution in [0, 0.1) is 0 Å². The van der Waals surface area contributed by atoms with E-state index in [1.165, 1.54) is 18.4 Å². The van der Waals surface area contributed by atoms with E-state index in [4.69, 9.17) is 5.10 Å². The van der Waals surface area contributed by atoms with E-state index in [1.54, 1.807) is 11.8 Å². The van der Waals surface area contributed by atoms with Crippen molar-refractivity contribution in [3.8, 4) is 16.9 Å². The summed E-state index contributed by atoms with van der Waals surface area (Å²) in [5.41, 5.74) is 4.48. The van der Waals surface area contributed by atoms with E-state index in [1.807, 2.05) is 35.1 Å². The third-order valence-electron chi connectivity index (χ3n) is 4.79. The quantitative estimate of drug-likeness (QED) is 0.427. The fraction of sp³-hybridized carbons (Fsp3) is 0.182. The van der Waals surface area contributed by atoms with Gasteiger partial charge in [0.05, 0.1) is 11.4 Å². The molecular weight excluding hydrogens is 352 g/mol. The normalized spacial score (nSPS) is 13.8. The molecule has 1 aliphatic carbocycles. The van der Waals surface area contributed by atoms with Crippen LogP contribution in [0.1, 0.15) is 24.4 Å². The van der Waals surface area contributed by atoms with Crippen LogP contribution in [-0.4, -0.2) is 19.3 Å². The minimum atomic E-state index is 0.649. The van der Waals surface area contributed by atoms with Crippen molar-refractivity contribution in [3.63, 3.8) is 0 Å². The van der Waals surface area contributed by atoms with Gasteiger partial charge >= 0.3 is 0 Å². The molecule has 0 unspecified atom stereocenters. The van der Waals surface area contributed by atoms with Crippen LogP contribution in [0.15, 0.2) is 84.4 Å². The Balaban J connectivity index is 1.48. The van der Waals surface area contributed by atoms with Crippen molar-refractivity contribution in [2.24, 2.45) is 0 Å². The van der Waals surface area contributed by atoms with Gasteiger partial charge in [0, 0.05) is 41.5 Å². The summed E-state index contributed by atoms with van der Waals surface area (Å²) >= 11 is 1.79. The number of rotatable bonds is 6. The van der Waals surface area contributed by atoms with E-state index in [-0.39, 0.29) is 0 Å². The number of hydrogen-bond donors (Lipinski definition) is 0. The molecule has 5 heteroatoms. The van der Waals surface area contributed by atoms with Crippen molar-refractivity contribution >= 4 is 11.8 Å². The third kappa shape index (κ3) is 3.43. The smallest absolute Gasteiger partial charge is 0.168 e. The summed E-state index contributed by atoms with van der Waals surface area (Å²) in [6, 6.07) is 21.3. The summed E-state index contributed by atoms with van der Waals surface area (Å²) in [4.78, 5) is 4.56. The molecule has 134 valence electrons. The molecule has 0 amide bonds. The van der Waals surface area contributed by atoms with Crippen molar-refractivity contribution in [2.75, 3.05) is 0 Å². The average Bonchev–Trinajstić information content (AvgIpc) is 3.31. The lowest BCUT2D eigenvalue weighted by Crippen LogP contribution is -1.95. The minimum Gasteiger partial charge on any atom is -0.323 e. The summed E-state index contributed by atoms with van der Waals surface area (Å²) in [5.74, 6) is 0.848. The highest BCUT2D eigenvalue weighted by molar-refractivity contribution is 7.98. The predicted molar refractivity (Wildman–Crippen MR) is 109 cm³/mol. The van der Waals surface area contributed by atoms with Crippen molar-refractivity contribution in [2.45, 2.75) is 29.8 Å². The first-order valence-electron chi connectivity index (χ1n) is 9.23. The van der Waals surface area contributed by atoms with E-state index in [0.29, 0.717) is 6.04 Å². The molecule has 1 saturated carbocycles. The summed E-state index contributed by atoms with van der Waals surface area (Å²) in [6.45, 7) is 0. The van der Waals surface area contributed by atoms with Gasteiger partial charge in [0.2, 0.25) is 0 Å². The second kappa shape index (κ2) is 7.08. The lowest BCUT2D eigenvalue weighted by molar-refractivity contribution is 0.663. The molecule has 2 aromatic carbocycles. The highest BCUT2D eigenvalue weighted by Gasteiger charge is 2.25. The number of para-hydroxylation sites is 1. The second-order valence-corrected chi connectivity index (χ2v) is 7.73. The Morgan fingerprint density at radius 2 is 1.70 bits per heavy atom. The molecule has 4 nitrogen and oxygen atoms in total. The van der Waals surface area contributed by atoms with Crippen LogP contribution < -0.4 is 0 Å². The zero-order chi connectivity index (χ0) is 18.1. The highest BCUT2D eigenvalue weighted by atomic mass is 32.2. The van der Waals surface area contributed by atoms with Gasteiger partial charge in [-0.2, -0.15) is 5.10 Å². The maximum Gasteiger partial charge on any atom is 0.168 e. The Morgan fingerprint density at radius 1 is 0.963 bits per heavy atom. The second-order valence-electron chi connectivity index (χ2n) is 6.79. The molecule has 0 radical (unpaired) electrons. The van der Waals surface area contributed by atoms with Gasteiger partial charge in [-0.25, -0.2) is 9.67 Å². The van der Waals surface area contributed by atoms with Crippen molar-refractivity contribution in [3.05, 3.63) is 84.8 Å². The molecule has 0 N–H and O–H groups in total. The Kier molecular flexibility index (Phi) is 4.30. The zero-order valence-electron chi connectivity index (χ0n) is 14.9. The minimum absolute atomic E-state index is 0.649. The summed E-state index contributed by atoms with van der Waals surface area (Å²) in [5, 5.41) is 6.00. The van der Waals surface area contributed by atoms with Gasteiger partial charge in [0.15, 0.2) is 5.16 Å². The van der Waals surface area contributed by atoms with Crippen LogP contribution in [0.25, 0.3) is 16.9 Å². The lowest BCUT2D eigenvalue weighted by Gasteiger charge is -2.05. The number of thioether (sulfide) groups is 1. The predicted octanol–water partition coefficient (Wildman–Crippen LogP) is 5.36. The number of aromatic nitrogens is 4. The summed E-state index contributed by atoms with van der Waals surface area (Å²) in [6.07, 6.45) is 8.70. The monoisotopic (exact) mass is 372 g/mol. The van der Waals surface area contributed by atoms with Gasteiger partial charge < -0.3 is 4.57 Å². The van der Waals surface area contributed by atoms with Crippen LogP contribution in [0.2, 0.25) is 0 Å². The zero-order valence-corrected chi connectivity index (χ0v) is 15.7. The molecule has 2 aromatic heterocycles. The number of benzene rings is 2. The fourth-order valence-corrected chi connectivity index (χ4v) is 4.24. The molecule has 1 aliphatic rings. The average molecular weight is 372 g/mol. The molecule has 0 saturated heterocycles. The molecular formula is C22H20N4S. The first-order valence-corrected chi connectivity index (χ1v) is 10.2. The summed E-state index contributed by atoms with van der Waals surface area (Å²) in [7, 11) is 0. The van der Waals surface area contributed by atoms with Gasteiger partial charge in [-0.3, -0.25) is 0 Å². The molecule has 27 heavy (non-hydrogen) atoms. The third-order valence-corrected chi connectivity index (χ3v) is 5.82. The van der Waals surface area contributed by atoms with E-state index >= 15 is 0 Å². The van der Waals surface area contributed by atoms with Crippen LogP contribution in [-0.2, 0) is 5.75 Å². The molecule has 0 atom stereocenters. The molecule has 0 bridgehead atoms. The Labute approximate surface area is 162 Å². The van der Waals surface area contributed by atoms with Gasteiger partial charge in [0.25, 0.3) is 0 Å². The number of nitrogens with zero attached hydrogens (tertiary/aromatic N) is 4.